The summed E-state index contributed by atoms with van der Waals surface area (Å²) in [7, 11) is -0.590. The van der Waals surface area contributed by atoms with Crippen LogP contribution in [0.2, 0.25) is 26.2 Å². The molecule has 0 heterocycles. The average molecular weight is 290 g/mol. The summed E-state index contributed by atoms with van der Waals surface area (Å²) in [6, 6.07) is 0. The second-order valence-corrected chi connectivity index (χ2v) is 14.9. The molecule has 0 aliphatic carbocycles. The molecule has 0 fully saturated rings. The fourth-order valence-corrected chi connectivity index (χ4v) is 13.2. The molecule has 0 radical (unpaired) electrons. The molecule has 0 atom stereocenters. The molecule has 3 nitrogen and oxygen atoms in total. The maximum absolute atomic E-state index is 2.78. The summed E-state index contributed by atoms with van der Waals surface area (Å²) in [5.41, 5.74) is 0. The molecule has 0 unspecified atom stereocenters. The molecule has 0 aromatic rings. The second kappa shape index (κ2) is 7.19. The molecule has 110 valence electrons. The molecule has 0 rings (SSSR count). The summed E-state index contributed by atoms with van der Waals surface area (Å²) in [5.74, 6) is 0. The Kier molecular flexibility index (Phi) is 7.32. The maximum Gasteiger partial charge on any atom is 0.194 e. The fraction of sp³-hybridized carbons (Fsp3) is 1.00. The highest BCUT2D eigenvalue weighted by Gasteiger charge is 2.44. The highest BCUT2D eigenvalue weighted by molar-refractivity contribution is 6.88. The lowest BCUT2D eigenvalue weighted by Gasteiger charge is -2.52. The first-order valence-electron chi connectivity index (χ1n) is 7.43. The van der Waals surface area contributed by atoms with Gasteiger partial charge < -0.3 is 13.4 Å². The Morgan fingerprint density at radius 2 is 0.833 bits per heavy atom. The van der Waals surface area contributed by atoms with E-state index < -0.39 is 16.8 Å². The van der Waals surface area contributed by atoms with E-state index in [0.717, 1.165) is 0 Å². The van der Waals surface area contributed by atoms with Crippen molar-refractivity contribution < 1.29 is 0 Å². The molecule has 0 saturated heterocycles. The van der Waals surface area contributed by atoms with Crippen LogP contribution in [0.1, 0.15) is 27.7 Å². The van der Waals surface area contributed by atoms with Gasteiger partial charge in [0.1, 0.15) is 0 Å². The van der Waals surface area contributed by atoms with E-state index in [0.29, 0.717) is 0 Å². The minimum absolute atomic E-state index is 1.17. The summed E-state index contributed by atoms with van der Waals surface area (Å²) in [6.07, 6.45) is 0. The van der Waals surface area contributed by atoms with Gasteiger partial charge in [-0.2, -0.15) is 0 Å². The van der Waals surface area contributed by atoms with Gasteiger partial charge in [0.15, 0.2) is 16.8 Å². The normalized spacial score (nSPS) is 14.0. The molecule has 18 heavy (non-hydrogen) atoms. The smallest absolute Gasteiger partial charge is 0.194 e. The summed E-state index contributed by atoms with van der Waals surface area (Å²) < 4.78 is 8.15. The molecule has 0 aromatic carbocycles. The van der Waals surface area contributed by atoms with E-state index in [1.807, 2.05) is 0 Å². The van der Waals surface area contributed by atoms with Crippen LogP contribution in [0, 0.1) is 0 Å². The molecule has 0 spiro atoms. The number of hydrogen-bond donors (Lipinski definition) is 0. The van der Waals surface area contributed by atoms with E-state index in [-0.39, 0.29) is 0 Å². The lowest BCUT2D eigenvalue weighted by atomic mass is 10.7. The van der Waals surface area contributed by atoms with E-state index in [2.05, 4.69) is 74.3 Å². The largest absolute Gasteiger partial charge is 0.324 e. The third-order valence-corrected chi connectivity index (χ3v) is 15.6. The zero-order valence-electron chi connectivity index (χ0n) is 14.2. The molecule has 0 aromatic heterocycles. The van der Waals surface area contributed by atoms with Crippen molar-refractivity contribution in [1.29, 1.82) is 0 Å². The van der Waals surface area contributed by atoms with E-state index in [9.17, 15) is 0 Å². The van der Waals surface area contributed by atoms with Gasteiger partial charge in [-0.1, -0.05) is 27.7 Å². The molecule has 0 amide bonds. The predicted octanol–water partition coefficient (Wildman–Crippen LogP) is 3.01. The molecule has 0 N–H and O–H groups in total. The summed E-state index contributed by atoms with van der Waals surface area (Å²) >= 11 is 0. The zero-order chi connectivity index (χ0) is 14.6. The molecule has 0 aliphatic rings. The van der Waals surface area contributed by atoms with Crippen molar-refractivity contribution in [3.63, 3.8) is 0 Å². The van der Waals surface area contributed by atoms with E-state index >= 15 is 0 Å². The fourth-order valence-electron chi connectivity index (χ4n) is 3.09. The van der Waals surface area contributed by atoms with Gasteiger partial charge in [0.25, 0.3) is 0 Å². The maximum atomic E-state index is 2.78. The monoisotopic (exact) mass is 289 g/mol. The molecular formula is C13H35N3Si2. The Balaban J connectivity index is 5.16. The van der Waals surface area contributed by atoms with Gasteiger partial charge >= 0.3 is 0 Å². The van der Waals surface area contributed by atoms with Crippen LogP contribution in [-0.2, 0) is 0 Å². The van der Waals surface area contributed by atoms with Crippen molar-refractivity contribution in [2.24, 2.45) is 0 Å². The van der Waals surface area contributed by atoms with Gasteiger partial charge in [-0.05, 0) is 59.4 Å². The van der Waals surface area contributed by atoms with Crippen LogP contribution in [0.4, 0.5) is 0 Å². The standard InChI is InChI=1S/C13H35N3Si2/c1-10-15(11-2)17(6,7)14(5)18(8,9)16(12-3)13-4/h10-13H2,1-9H3. The third-order valence-electron chi connectivity index (χ3n) is 4.72. The Morgan fingerprint density at radius 3 is 1.00 bits per heavy atom. The van der Waals surface area contributed by atoms with Crippen LogP contribution in [0.5, 0.6) is 0 Å². The Morgan fingerprint density at radius 1 is 0.611 bits per heavy atom. The van der Waals surface area contributed by atoms with Crippen LogP contribution >= 0.6 is 0 Å². The SMILES string of the molecule is CCN(CC)[Si](C)(C)N(C)[Si](C)(C)N(CC)CC. The lowest BCUT2D eigenvalue weighted by Crippen LogP contribution is -2.73. The number of rotatable bonds is 8. The molecule has 0 bridgehead atoms. The Bertz CT molecular complexity index is 212. The summed E-state index contributed by atoms with van der Waals surface area (Å²) in [4.78, 5) is 0. The third kappa shape index (κ3) is 3.66. The summed E-state index contributed by atoms with van der Waals surface area (Å²) in [5, 5.41) is 0. The number of hydrogen-bond acceptors (Lipinski definition) is 3. The van der Waals surface area contributed by atoms with Gasteiger partial charge in [0.05, 0.1) is 0 Å². The minimum Gasteiger partial charge on any atom is -0.324 e. The van der Waals surface area contributed by atoms with Crippen LogP contribution in [-0.4, -0.2) is 63.4 Å². The van der Waals surface area contributed by atoms with Gasteiger partial charge in [-0.25, -0.2) is 0 Å². The Labute approximate surface area is 117 Å². The topological polar surface area (TPSA) is 9.72 Å². The molecule has 0 saturated carbocycles. The van der Waals surface area contributed by atoms with Crippen molar-refractivity contribution in [3.05, 3.63) is 0 Å². The van der Waals surface area contributed by atoms with Crippen molar-refractivity contribution in [3.8, 4) is 0 Å². The van der Waals surface area contributed by atoms with Crippen molar-refractivity contribution >= 4 is 16.8 Å². The first-order chi connectivity index (χ1) is 8.19. The Hall–Kier alpha value is 0.314. The van der Waals surface area contributed by atoms with Crippen molar-refractivity contribution in [1.82, 2.24) is 13.4 Å². The van der Waals surface area contributed by atoms with E-state index in [4.69, 9.17) is 0 Å². The quantitative estimate of drug-likeness (QED) is 0.636. The van der Waals surface area contributed by atoms with Crippen LogP contribution < -0.4 is 0 Å². The van der Waals surface area contributed by atoms with Gasteiger partial charge in [0, 0.05) is 0 Å². The average Bonchev–Trinajstić information content (AvgIpc) is 2.30. The second-order valence-electron chi connectivity index (χ2n) is 5.89. The minimum atomic E-state index is -1.48. The molecule has 5 heteroatoms. The van der Waals surface area contributed by atoms with Crippen molar-refractivity contribution in [2.75, 3.05) is 33.2 Å². The molecular weight excluding hydrogens is 254 g/mol. The zero-order valence-corrected chi connectivity index (χ0v) is 16.2. The highest BCUT2D eigenvalue weighted by atomic mass is 28.4. The lowest BCUT2D eigenvalue weighted by molar-refractivity contribution is 0.390. The summed E-state index contributed by atoms with van der Waals surface area (Å²) in [6.45, 7) is 23.8. The van der Waals surface area contributed by atoms with Crippen LogP contribution in [0.3, 0.4) is 0 Å². The highest BCUT2D eigenvalue weighted by Crippen LogP contribution is 2.23. The van der Waals surface area contributed by atoms with Gasteiger partial charge in [0.2, 0.25) is 0 Å². The predicted molar refractivity (Wildman–Crippen MR) is 88.6 cm³/mol. The van der Waals surface area contributed by atoms with E-state index in [1.54, 1.807) is 0 Å². The van der Waals surface area contributed by atoms with Crippen LogP contribution in [0.15, 0.2) is 0 Å². The first-order valence-corrected chi connectivity index (χ1v) is 13.2. The van der Waals surface area contributed by atoms with Gasteiger partial charge in [-0.15, -0.1) is 0 Å². The molecule has 0 aliphatic heterocycles. The first kappa shape index (κ1) is 18.3. The van der Waals surface area contributed by atoms with Crippen molar-refractivity contribution in [2.45, 2.75) is 53.9 Å². The van der Waals surface area contributed by atoms with Gasteiger partial charge in [-0.3, -0.25) is 0 Å². The van der Waals surface area contributed by atoms with Crippen LogP contribution in [0.25, 0.3) is 0 Å². The van der Waals surface area contributed by atoms with E-state index in [1.165, 1.54) is 26.2 Å². The number of nitrogens with zero attached hydrogens (tertiary/aromatic N) is 3.